The zero-order chi connectivity index (χ0) is 16.3. The predicted molar refractivity (Wildman–Crippen MR) is 99.4 cm³/mol. The van der Waals surface area contributed by atoms with Crippen LogP contribution < -0.4 is 0 Å². The van der Waals surface area contributed by atoms with Crippen LogP contribution in [0.3, 0.4) is 0 Å². The monoisotopic (exact) mass is 313 g/mol. The molecule has 1 nitrogen and oxygen atoms in total. The van der Waals surface area contributed by atoms with Crippen molar-refractivity contribution in [2.45, 2.75) is 45.4 Å². The largest absolute Gasteiger partial charge is 0.255 e. The van der Waals surface area contributed by atoms with Crippen LogP contribution in [0.5, 0.6) is 0 Å². The number of benzene rings is 2. The Labute approximate surface area is 143 Å². The maximum Gasteiger partial charge on any atom is 0.0783 e. The number of aryl methyl sites for hydroxylation is 2. The highest BCUT2D eigenvalue weighted by Gasteiger charge is 2.77. The molecule has 0 bridgehead atoms. The van der Waals surface area contributed by atoms with E-state index in [-0.39, 0.29) is 0 Å². The molecule has 0 N–H and O–H groups in total. The smallest absolute Gasteiger partial charge is 0.0783 e. The molecule has 24 heavy (non-hydrogen) atoms. The Morgan fingerprint density at radius 3 is 2.71 bits per heavy atom. The molecule has 1 heterocycles. The SMILES string of the molecule is Cc1cc2c3c(cnc2c2ccccc12)CCC1C2C1(C)C[C@]32C. The van der Waals surface area contributed by atoms with Crippen molar-refractivity contribution in [2.24, 2.45) is 17.3 Å². The minimum absolute atomic E-state index is 0.376. The summed E-state index contributed by atoms with van der Waals surface area (Å²) in [6.07, 6.45) is 6.15. The van der Waals surface area contributed by atoms with Crippen LogP contribution in [0, 0.1) is 24.2 Å². The predicted octanol–water partition coefficient (Wildman–Crippen LogP) is 5.56. The highest BCUT2D eigenvalue weighted by molar-refractivity contribution is 6.08. The molecule has 3 aliphatic rings. The summed E-state index contributed by atoms with van der Waals surface area (Å²) < 4.78 is 0. The van der Waals surface area contributed by atoms with Gasteiger partial charge in [-0.05, 0) is 77.0 Å². The molecule has 1 heteroatoms. The van der Waals surface area contributed by atoms with E-state index in [2.05, 4.69) is 57.3 Å². The number of fused-ring (bicyclic) bond motifs is 7. The first kappa shape index (κ1) is 13.4. The summed E-state index contributed by atoms with van der Waals surface area (Å²) in [7, 11) is 0. The van der Waals surface area contributed by atoms with Crippen molar-refractivity contribution < 1.29 is 0 Å². The van der Waals surface area contributed by atoms with Crippen molar-refractivity contribution in [3.63, 3.8) is 0 Å². The van der Waals surface area contributed by atoms with Gasteiger partial charge in [0.1, 0.15) is 0 Å². The van der Waals surface area contributed by atoms with E-state index in [4.69, 9.17) is 4.98 Å². The molecular weight excluding hydrogens is 290 g/mol. The van der Waals surface area contributed by atoms with Gasteiger partial charge in [-0.1, -0.05) is 38.1 Å². The van der Waals surface area contributed by atoms with Crippen molar-refractivity contribution >= 4 is 21.7 Å². The second-order valence-corrected chi connectivity index (χ2v) is 9.02. The lowest BCUT2D eigenvalue weighted by Gasteiger charge is -2.45. The molecule has 2 fully saturated rings. The molecule has 1 aromatic heterocycles. The van der Waals surface area contributed by atoms with E-state index in [1.54, 1.807) is 5.56 Å². The zero-order valence-corrected chi connectivity index (χ0v) is 14.7. The summed E-state index contributed by atoms with van der Waals surface area (Å²) in [4.78, 5) is 4.95. The lowest BCUT2D eigenvalue weighted by atomic mass is 9.59. The molecule has 2 saturated carbocycles. The molecule has 0 saturated heterocycles. The topological polar surface area (TPSA) is 12.9 Å². The van der Waals surface area contributed by atoms with Crippen LogP contribution in [0.25, 0.3) is 21.7 Å². The summed E-state index contributed by atoms with van der Waals surface area (Å²) in [6, 6.07) is 11.2. The highest BCUT2D eigenvalue weighted by atomic mass is 14.8. The Kier molecular flexibility index (Phi) is 2.15. The van der Waals surface area contributed by atoms with Crippen LogP contribution >= 0.6 is 0 Å². The van der Waals surface area contributed by atoms with Crippen molar-refractivity contribution in [2.75, 3.05) is 0 Å². The average Bonchev–Trinajstić information content (AvgIpc) is 3.11. The maximum atomic E-state index is 4.95. The van der Waals surface area contributed by atoms with Gasteiger partial charge in [0.05, 0.1) is 5.52 Å². The first-order valence-corrected chi connectivity index (χ1v) is 9.34. The normalized spacial score (nSPS) is 36.0. The van der Waals surface area contributed by atoms with Crippen molar-refractivity contribution in [3.8, 4) is 0 Å². The standard InChI is InChI=1S/C23H23N/c1-13-10-17-19-14(8-9-18-21-22(18,2)12-23(19,21)3)11-24-20(17)16-7-5-4-6-15(13)16/h4-7,10-11,18,21H,8-9,12H2,1-3H3/t18?,21?,22?,23-/m1/s1. The number of aromatic nitrogens is 1. The Hall–Kier alpha value is -1.89. The average molecular weight is 313 g/mol. The van der Waals surface area contributed by atoms with Crippen LogP contribution in [-0.4, -0.2) is 4.98 Å². The minimum Gasteiger partial charge on any atom is -0.255 e. The fourth-order valence-corrected chi connectivity index (χ4v) is 7.01. The number of hydrogen-bond acceptors (Lipinski definition) is 1. The van der Waals surface area contributed by atoms with Gasteiger partial charge in [-0.2, -0.15) is 0 Å². The Balaban J connectivity index is 1.75. The van der Waals surface area contributed by atoms with E-state index in [1.807, 2.05) is 0 Å². The van der Waals surface area contributed by atoms with Gasteiger partial charge >= 0.3 is 0 Å². The minimum atomic E-state index is 0.376. The molecule has 2 aromatic carbocycles. The molecule has 3 aliphatic carbocycles. The van der Waals surface area contributed by atoms with E-state index >= 15 is 0 Å². The van der Waals surface area contributed by atoms with Gasteiger partial charge in [0.25, 0.3) is 0 Å². The van der Waals surface area contributed by atoms with Gasteiger partial charge < -0.3 is 0 Å². The molecule has 3 unspecified atom stereocenters. The van der Waals surface area contributed by atoms with Gasteiger partial charge in [-0.25, -0.2) is 0 Å². The lowest BCUT2D eigenvalue weighted by Crippen LogP contribution is -2.40. The highest BCUT2D eigenvalue weighted by Crippen LogP contribution is 2.82. The Morgan fingerprint density at radius 1 is 1.08 bits per heavy atom. The molecule has 4 atom stereocenters. The number of hydrogen-bond donors (Lipinski definition) is 0. The van der Waals surface area contributed by atoms with E-state index < -0.39 is 0 Å². The van der Waals surface area contributed by atoms with Gasteiger partial charge in [0, 0.05) is 17.0 Å². The Bertz CT molecular complexity index is 1050. The molecule has 0 radical (unpaired) electrons. The molecular formula is C23H23N. The van der Waals surface area contributed by atoms with Crippen molar-refractivity contribution in [3.05, 3.63) is 53.2 Å². The summed E-state index contributed by atoms with van der Waals surface area (Å²) in [5.74, 6) is 1.86. The van der Waals surface area contributed by atoms with E-state index in [0.717, 1.165) is 11.8 Å². The van der Waals surface area contributed by atoms with Crippen molar-refractivity contribution in [1.82, 2.24) is 4.98 Å². The third-order valence-corrected chi connectivity index (χ3v) is 7.74. The van der Waals surface area contributed by atoms with E-state index in [9.17, 15) is 0 Å². The Morgan fingerprint density at radius 2 is 1.88 bits per heavy atom. The molecule has 0 spiro atoms. The van der Waals surface area contributed by atoms with Crippen molar-refractivity contribution in [1.29, 1.82) is 0 Å². The quantitative estimate of drug-likeness (QED) is 0.495. The van der Waals surface area contributed by atoms with Crippen LogP contribution in [0.1, 0.15) is 43.4 Å². The second-order valence-electron chi connectivity index (χ2n) is 9.02. The number of nitrogens with zero attached hydrogens (tertiary/aromatic N) is 1. The number of pyridine rings is 1. The third kappa shape index (κ3) is 1.30. The molecule has 3 aromatic rings. The first-order chi connectivity index (χ1) is 11.5. The zero-order valence-electron chi connectivity index (χ0n) is 14.7. The van der Waals surface area contributed by atoms with Gasteiger partial charge in [0.15, 0.2) is 0 Å². The van der Waals surface area contributed by atoms with E-state index in [1.165, 1.54) is 52.1 Å². The fourth-order valence-electron chi connectivity index (χ4n) is 7.01. The summed E-state index contributed by atoms with van der Waals surface area (Å²) >= 11 is 0. The molecule has 0 aliphatic heterocycles. The van der Waals surface area contributed by atoms with Gasteiger partial charge in [-0.15, -0.1) is 0 Å². The molecule has 0 amide bonds. The maximum absolute atomic E-state index is 4.95. The van der Waals surface area contributed by atoms with E-state index in [0.29, 0.717) is 10.8 Å². The summed E-state index contributed by atoms with van der Waals surface area (Å²) in [5.41, 5.74) is 6.78. The first-order valence-electron chi connectivity index (χ1n) is 9.34. The van der Waals surface area contributed by atoms with Gasteiger partial charge in [0.2, 0.25) is 0 Å². The number of rotatable bonds is 0. The molecule has 120 valence electrons. The van der Waals surface area contributed by atoms with Crippen LogP contribution in [0.4, 0.5) is 0 Å². The van der Waals surface area contributed by atoms with Gasteiger partial charge in [-0.3, -0.25) is 4.98 Å². The second kappa shape index (κ2) is 3.85. The third-order valence-electron chi connectivity index (χ3n) is 7.74. The lowest BCUT2D eigenvalue weighted by molar-refractivity contribution is 0.163. The summed E-state index contributed by atoms with van der Waals surface area (Å²) in [6.45, 7) is 7.32. The fraction of sp³-hybridized carbons (Fsp3) is 0.435. The van der Waals surface area contributed by atoms with Crippen LogP contribution in [0.2, 0.25) is 0 Å². The molecule has 6 rings (SSSR count). The summed E-state index contributed by atoms with van der Waals surface area (Å²) in [5, 5.41) is 4.09. The van der Waals surface area contributed by atoms with Crippen LogP contribution in [0.15, 0.2) is 36.5 Å². The van der Waals surface area contributed by atoms with Crippen LogP contribution in [-0.2, 0) is 11.8 Å².